The Balaban J connectivity index is 2.52. The van der Waals surface area contributed by atoms with Crippen LogP contribution >= 0.6 is 0 Å². The second kappa shape index (κ2) is 4.68. The molecule has 1 N–H and O–H groups in total. The summed E-state index contributed by atoms with van der Waals surface area (Å²) in [5, 5.41) is 9.23. The average Bonchev–Trinajstić information content (AvgIpc) is 2.36. The van der Waals surface area contributed by atoms with Crippen LogP contribution in [0.2, 0.25) is 0 Å². The summed E-state index contributed by atoms with van der Waals surface area (Å²) >= 11 is 0. The summed E-state index contributed by atoms with van der Waals surface area (Å²) in [4.78, 5) is 24.4. The standard InChI is InChI=1S/C13H15NO4/c1-8(15)14-6-5-10(13(16)17)11-7-9(18-2)3-4-12(11)14/h3-4,7,10H,5-6H2,1-2H3,(H,16,17). The van der Waals surface area contributed by atoms with E-state index in [2.05, 4.69) is 0 Å². The van der Waals surface area contributed by atoms with E-state index in [-0.39, 0.29) is 5.91 Å². The number of benzene rings is 1. The lowest BCUT2D eigenvalue weighted by molar-refractivity contribution is -0.139. The molecular formula is C13H15NO4. The van der Waals surface area contributed by atoms with Crippen LogP contribution in [0, 0.1) is 0 Å². The molecule has 0 aromatic heterocycles. The Bertz CT molecular complexity index is 498. The second-order valence-corrected chi connectivity index (χ2v) is 4.27. The summed E-state index contributed by atoms with van der Waals surface area (Å²) in [7, 11) is 1.53. The number of carboxylic acids is 1. The fourth-order valence-corrected chi connectivity index (χ4v) is 2.30. The zero-order valence-electron chi connectivity index (χ0n) is 10.3. The number of methoxy groups -OCH3 is 1. The van der Waals surface area contributed by atoms with E-state index in [4.69, 9.17) is 4.74 Å². The molecular weight excluding hydrogens is 234 g/mol. The van der Waals surface area contributed by atoms with Gasteiger partial charge in [0.1, 0.15) is 5.75 Å². The van der Waals surface area contributed by atoms with Crippen molar-refractivity contribution in [2.24, 2.45) is 0 Å². The lowest BCUT2D eigenvalue weighted by atomic mass is 9.89. The van der Waals surface area contributed by atoms with Gasteiger partial charge in [0, 0.05) is 19.2 Å². The van der Waals surface area contributed by atoms with E-state index < -0.39 is 11.9 Å². The Hall–Kier alpha value is -2.04. The molecule has 0 saturated carbocycles. The zero-order valence-corrected chi connectivity index (χ0v) is 10.3. The summed E-state index contributed by atoms with van der Waals surface area (Å²) < 4.78 is 5.11. The van der Waals surface area contributed by atoms with Gasteiger partial charge in [-0.25, -0.2) is 0 Å². The zero-order chi connectivity index (χ0) is 13.3. The van der Waals surface area contributed by atoms with Gasteiger partial charge in [0.05, 0.1) is 13.0 Å². The van der Waals surface area contributed by atoms with Gasteiger partial charge in [-0.1, -0.05) is 0 Å². The highest BCUT2D eigenvalue weighted by Gasteiger charge is 2.31. The highest BCUT2D eigenvalue weighted by molar-refractivity contribution is 5.95. The lowest BCUT2D eigenvalue weighted by Crippen LogP contribution is -2.36. The van der Waals surface area contributed by atoms with Crippen molar-refractivity contribution < 1.29 is 19.4 Å². The molecule has 1 heterocycles. The van der Waals surface area contributed by atoms with Crippen molar-refractivity contribution in [3.8, 4) is 5.75 Å². The Morgan fingerprint density at radius 3 is 2.72 bits per heavy atom. The third-order valence-corrected chi connectivity index (χ3v) is 3.22. The van der Waals surface area contributed by atoms with Gasteiger partial charge in [0.2, 0.25) is 5.91 Å². The normalized spacial score (nSPS) is 18.1. The van der Waals surface area contributed by atoms with Crippen LogP contribution in [0.3, 0.4) is 0 Å². The Morgan fingerprint density at radius 1 is 1.44 bits per heavy atom. The monoisotopic (exact) mass is 249 g/mol. The van der Waals surface area contributed by atoms with Crippen molar-refractivity contribution >= 4 is 17.6 Å². The van der Waals surface area contributed by atoms with E-state index in [0.717, 1.165) is 0 Å². The van der Waals surface area contributed by atoms with Crippen LogP contribution in [-0.4, -0.2) is 30.6 Å². The predicted octanol–water partition coefficient (Wildman–Crippen LogP) is 1.62. The molecule has 1 amide bonds. The molecule has 1 aliphatic rings. The first-order valence-corrected chi connectivity index (χ1v) is 5.73. The summed E-state index contributed by atoms with van der Waals surface area (Å²) in [6.07, 6.45) is 0.426. The van der Waals surface area contributed by atoms with Crippen LogP contribution in [-0.2, 0) is 9.59 Å². The molecule has 0 bridgehead atoms. The van der Waals surface area contributed by atoms with E-state index in [1.54, 1.807) is 23.1 Å². The van der Waals surface area contributed by atoms with Gasteiger partial charge < -0.3 is 14.7 Å². The van der Waals surface area contributed by atoms with E-state index >= 15 is 0 Å². The summed E-state index contributed by atoms with van der Waals surface area (Å²) in [5.41, 5.74) is 1.31. The number of carbonyl (C=O) groups is 2. The van der Waals surface area contributed by atoms with E-state index in [1.807, 2.05) is 0 Å². The molecule has 0 spiro atoms. The molecule has 1 aromatic carbocycles. The first-order chi connectivity index (χ1) is 8.54. The van der Waals surface area contributed by atoms with Gasteiger partial charge in [0.25, 0.3) is 0 Å². The minimum atomic E-state index is -0.868. The first kappa shape index (κ1) is 12.4. The number of fused-ring (bicyclic) bond motifs is 1. The number of carbonyl (C=O) groups excluding carboxylic acids is 1. The number of hydrogen-bond donors (Lipinski definition) is 1. The molecule has 18 heavy (non-hydrogen) atoms. The van der Waals surface area contributed by atoms with Gasteiger partial charge in [-0.3, -0.25) is 9.59 Å². The Labute approximate surface area is 105 Å². The average molecular weight is 249 g/mol. The van der Waals surface area contributed by atoms with Gasteiger partial charge in [0.15, 0.2) is 0 Å². The lowest BCUT2D eigenvalue weighted by Gasteiger charge is -2.32. The van der Waals surface area contributed by atoms with Crippen LogP contribution in [0.15, 0.2) is 18.2 Å². The van der Waals surface area contributed by atoms with Crippen LogP contribution in [0.1, 0.15) is 24.8 Å². The number of amides is 1. The van der Waals surface area contributed by atoms with Crippen molar-refractivity contribution in [1.29, 1.82) is 0 Å². The molecule has 1 atom stereocenters. The SMILES string of the molecule is COc1ccc2c(c1)C(C(=O)O)CCN2C(C)=O. The van der Waals surface area contributed by atoms with Crippen molar-refractivity contribution in [1.82, 2.24) is 0 Å². The minimum Gasteiger partial charge on any atom is -0.497 e. The summed E-state index contributed by atoms with van der Waals surface area (Å²) in [6.45, 7) is 1.92. The summed E-state index contributed by atoms with van der Waals surface area (Å²) in [6, 6.07) is 5.17. The summed E-state index contributed by atoms with van der Waals surface area (Å²) in [5.74, 6) is -0.922. The molecule has 1 unspecified atom stereocenters. The molecule has 0 radical (unpaired) electrons. The van der Waals surface area contributed by atoms with E-state index in [1.165, 1.54) is 14.0 Å². The number of anilines is 1. The van der Waals surface area contributed by atoms with Crippen molar-refractivity contribution in [3.63, 3.8) is 0 Å². The number of hydrogen-bond acceptors (Lipinski definition) is 3. The van der Waals surface area contributed by atoms with Crippen LogP contribution in [0.25, 0.3) is 0 Å². The van der Waals surface area contributed by atoms with Crippen LogP contribution in [0.5, 0.6) is 5.75 Å². The number of carboxylic acid groups (broad SMARTS) is 1. The Kier molecular flexibility index (Phi) is 3.23. The molecule has 0 saturated heterocycles. The highest BCUT2D eigenvalue weighted by atomic mass is 16.5. The van der Waals surface area contributed by atoms with Crippen molar-refractivity contribution in [2.45, 2.75) is 19.3 Å². The van der Waals surface area contributed by atoms with Crippen molar-refractivity contribution in [3.05, 3.63) is 23.8 Å². The topological polar surface area (TPSA) is 66.8 Å². The van der Waals surface area contributed by atoms with Crippen LogP contribution < -0.4 is 9.64 Å². The molecule has 1 aromatic rings. The number of nitrogens with zero attached hydrogens (tertiary/aromatic N) is 1. The Morgan fingerprint density at radius 2 is 2.17 bits per heavy atom. The third-order valence-electron chi connectivity index (χ3n) is 3.22. The maximum Gasteiger partial charge on any atom is 0.311 e. The number of aliphatic carboxylic acids is 1. The molecule has 1 aliphatic heterocycles. The second-order valence-electron chi connectivity index (χ2n) is 4.27. The molecule has 2 rings (SSSR count). The first-order valence-electron chi connectivity index (χ1n) is 5.73. The molecule has 0 aliphatic carbocycles. The smallest absolute Gasteiger partial charge is 0.311 e. The highest BCUT2D eigenvalue weighted by Crippen LogP contribution is 2.37. The van der Waals surface area contributed by atoms with Gasteiger partial charge >= 0.3 is 5.97 Å². The molecule has 0 fully saturated rings. The molecule has 96 valence electrons. The van der Waals surface area contributed by atoms with E-state index in [9.17, 15) is 14.7 Å². The maximum absolute atomic E-state index is 11.5. The predicted molar refractivity (Wildman–Crippen MR) is 66.0 cm³/mol. The fraction of sp³-hybridized carbons (Fsp3) is 0.385. The number of ether oxygens (including phenoxy) is 1. The third kappa shape index (κ3) is 2.03. The van der Waals surface area contributed by atoms with Crippen molar-refractivity contribution in [2.75, 3.05) is 18.6 Å². The maximum atomic E-state index is 11.5. The largest absolute Gasteiger partial charge is 0.497 e. The quantitative estimate of drug-likeness (QED) is 0.864. The van der Waals surface area contributed by atoms with Gasteiger partial charge in [-0.15, -0.1) is 0 Å². The van der Waals surface area contributed by atoms with Gasteiger partial charge in [-0.05, 0) is 30.2 Å². The molecule has 5 heteroatoms. The van der Waals surface area contributed by atoms with Gasteiger partial charge in [-0.2, -0.15) is 0 Å². The van der Waals surface area contributed by atoms with E-state index in [0.29, 0.717) is 30.0 Å². The number of rotatable bonds is 2. The minimum absolute atomic E-state index is 0.0785. The fourth-order valence-electron chi connectivity index (χ4n) is 2.30. The molecule has 5 nitrogen and oxygen atoms in total. The van der Waals surface area contributed by atoms with Crippen LogP contribution in [0.4, 0.5) is 5.69 Å².